The molecule has 1 fully saturated rings. The summed E-state index contributed by atoms with van der Waals surface area (Å²) in [5.41, 5.74) is 6.73. The Hall–Kier alpha value is -0.840. The number of nitrogens with zero attached hydrogens (tertiary/aromatic N) is 1. The van der Waals surface area contributed by atoms with Crippen molar-refractivity contribution in [1.29, 1.82) is 0 Å². The van der Waals surface area contributed by atoms with Gasteiger partial charge in [-0.05, 0) is 56.5 Å². The molecule has 1 aromatic rings. The zero-order valence-electron chi connectivity index (χ0n) is 12.0. The Morgan fingerprint density at radius 2 is 2.25 bits per heavy atom. The molecule has 2 N–H and O–H groups in total. The normalized spacial score (nSPS) is 19.4. The number of hydrogen-bond acceptors (Lipinski definition) is 3. The molecule has 0 aromatic heterocycles. The number of piperidine rings is 1. The molecule has 1 saturated heterocycles. The van der Waals surface area contributed by atoms with Gasteiger partial charge in [0.1, 0.15) is 0 Å². The highest BCUT2D eigenvalue weighted by Gasteiger charge is 2.19. The van der Waals surface area contributed by atoms with Crippen molar-refractivity contribution in [3.05, 3.63) is 29.6 Å². The molecule has 1 aliphatic rings. The Labute approximate surface area is 126 Å². The minimum Gasteiger partial charge on any atom is -0.491 e. The highest BCUT2D eigenvalue weighted by molar-refractivity contribution is 5.85. The first kappa shape index (κ1) is 17.2. The standard InChI is InChI=1S/C15H23FN2O.ClH/c1-2-19-15-6-5-12(8-14(15)16)10-18-7-3-4-13(9-17)11-18;/h5-6,8,13H,2-4,7,9-11,17H2,1H3;1H. The van der Waals surface area contributed by atoms with Crippen LogP contribution >= 0.6 is 12.4 Å². The number of halogens is 2. The van der Waals surface area contributed by atoms with Gasteiger partial charge in [-0.25, -0.2) is 4.39 Å². The van der Waals surface area contributed by atoms with Crippen LogP contribution in [0.1, 0.15) is 25.3 Å². The second kappa shape index (κ2) is 8.45. The van der Waals surface area contributed by atoms with Crippen LogP contribution in [0.5, 0.6) is 5.75 Å². The lowest BCUT2D eigenvalue weighted by Gasteiger charge is -2.32. The van der Waals surface area contributed by atoms with Gasteiger partial charge in [-0.2, -0.15) is 0 Å². The van der Waals surface area contributed by atoms with Crippen LogP contribution < -0.4 is 10.5 Å². The van der Waals surface area contributed by atoms with E-state index in [0.29, 0.717) is 18.3 Å². The van der Waals surface area contributed by atoms with E-state index in [4.69, 9.17) is 10.5 Å². The van der Waals surface area contributed by atoms with Gasteiger partial charge in [0.05, 0.1) is 6.61 Å². The van der Waals surface area contributed by atoms with E-state index in [0.717, 1.165) is 31.7 Å². The SMILES string of the molecule is CCOc1ccc(CN2CCCC(CN)C2)cc1F.Cl. The van der Waals surface area contributed by atoms with E-state index >= 15 is 0 Å². The second-order valence-corrected chi connectivity index (χ2v) is 5.18. The van der Waals surface area contributed by atoms with E-state index in [1.54, 1.807) is 12.1 Å². The fourth-order valence-corrected chi connectivity index (χ4v) is 2.66. The van der Waals surface area contributed by atoms with Gasteiger partial charge >= 0.3 is 0 Å². The Morgan fingerprint density at radius 1 is 1.45 bits per heavy atom. The third-order valence-corrected chi connectivity index (χ3v) is 3.64. The summed E-state index contributed by atoms with van der Waals surface area (Å²) in [5, 5.41) is 0. The molecule has 20 heavy (non-hydrogen) atoms. The average Bonchev–Trinajstić information content (AvgIpc) is 2.42. The molecular formula is C15H24ClFN2O. The first-order chi connectivity index (χ1) is 9.22. The molecule has 0 radical (unpaired) electrons. The largest absolute Gasteiger partial charge is 0.491 e. The zero-order valence-corrected chi connectivity index (χ0v) is 12.8. The van der Waals surface area contributed by atoms with Crippen LogP contribution in [-0.2, 0) is 6.54 Å². The van der Waals surface area contributed by atoms with Gasteiger partial charge in [0.25, 0.3) is 0 Å². The van der Waals surface area contributed by atoms with Crippen molar-refractivity contribution in [2.24, 2.45) is 11.7 Å². The van der Waals surface area contributed by atoms with Crippen LogP contribution in [0.25, 0.3) is 0 Å². The number of nitrogens with two attached hydrogens (primary N) is 1. The fourth-order valence-electron chi connectivity index (χ4n) is 2.66. The lowest BCUT2D eigenvalue weighted by Crippen LogP contribution is -2.37. The summed E-state index contributed by atoms with van der Waals surface area (Å²) in [5.74, 6) is 0.651. The summed E-state index contributed by atoms with van der Waals surface area (Å²) in [6.45, 7) is 5.97. The van der Waals surface area contributed by atoms with Gasteiger partial charge in [-0.3, -0.25) is 4.90 Å². The molecule has 2 rings (SSSR count). The summed E-state index contributed by atoms with van der Waals surface area (Å²) in [6, 6.07) is 5.25. The Kier molecular flexibility index (Phi) is 7.27. The molecule has 1 aromatic carbocycles. The molecule has 1 aliphatic heterocycles. The number of likely N-dealkylation sites (tertiary alicyclic amines) is 1. The number of ether oxygens (including phenoxy) is 1. The summed E-state index contributed by atoms with van der Waals surface area (Å²) in [4.78, 5) is 2.36. The first-order valence-corrected chi connectivity index (χ1v) is 7.06. The molecule has 0 bridgehead atoms. The molecule has 1 unspecified atom stereocenters. The van der Waals surface area contributed by atoms with Crippen LogP contribution in [0.15, 0.2) is 18.2 Å². The van der Waals surface area contributed by atoms with Crippen LogP contribution in [0, 0.1) is 11.7 Å². The van der Waals surface area contributed by atoms with Gasteiger partial charge in [0.15, 0.2) is 11.6 Å². The first-order valence-electron chi connectivity index (χ1n) is 7.06. The third kappa shape index (κ3) is 4.62. The lowest BCUT2D eigenvalue weighted by molar-refractivity contribution is 0.171. The highest BCUT2D eigenvalue weighted by Crippen LogP contribution is 2.21. The topological polar surface area (TPSA) is 38.5 Å². The molecule has 0 saturated carbocycles. The predicted molar refractivity (Wildman–Crippen MR) is 81.9 cm³/mol. The molecule has 0 amide bonds. The quantitative estimate of drug-likeness (QED) is 0.909. The minimum absolute atomic E-state index is 0. The van der Waals surface area contributed by atoms with Crippen molar-refractivity contribution in [2.75, 3.05) is 26.2 Å². The minimum atomic E-state index is -0.272. The lowest BCUT2D eigenvalue weighted by atomic mass is 9.98. The van der Waals surface area contributed by atoms with Gasteiger partial charge in [-0.1, -0.05) is 6.07 Å². The van der Waals surface area contributed by atoms with Crippen molar-refractivity contribution in [3.8, 4) is 5.75 Å². The monoisotopic (exact) mass is 302 g/mol. The molecule has 0 aliphatic carbocycles. The molecule has 114 valence electrons. The van der Waals surface area contributed by atoms with Crippen molar-refractivity contribution in [1.82, 2.24) is 4.90 Å². The third-order valence-electron chi connectivity index (χ3n) is 3.64. The Balaban J connectivity index is 0.00000200. The van der Waals surface area contributed by atoms with Gasteiger partial charge in [0, 0.05) is 13.1 Å². The highest BCUT2D eigenvalue weighted by atomic mass is 35.5. The van der Waals surface area contributed by atoms with E-state index in [-0.39, 0.29) is 18.2 Å². The summed E-state index contributed by atoms with van der Waals surface area (Å²) in [6.07, 6.45) is 2.39. The summed E-state index contributed by atoms with van der Waals surface area (Å²) >= 11 is 0. The van der Waals surface area contributed by atoms with E-state index in [1.807, 2.05) is 13.0 Å². The van der Waals surface area contributed by atoms with Crippen LogP contribution in [0.3, 0.4) is 0 Å². The van der Waals surface area contributed by atoms with Crippen LogP contribution in [0.2, 0.25) is 0 Å². The maximum absolute atomic E-state index is 13.8. The number of hydrogen-bond donors (Lipinski definition) is 1. The zero-order chi connectivity index (χ0) is 13.7. The van der Waals surface area contributed by atoms with Crippen molar-refractivity contribution in [3.63, 3.8) is 0 Å². The van der Waals surface area contributed by atoms with E-state index < -0.39 is 0 Å². The Morgan fingerprint density at radius 3 is 2.90 bits per heavy atom. The summed E-state index contributed by atoms with van der Waals surface area (Å²) in [7, 11) is 0. The molecule has 5 heteroatoms. The van der Waals surface area contributed by atoms with Crippen LogP contribution in [0.4, 0.5) is 4.39 Å². The molecular weight excluding hydrogens is 279 g/mol. The molecule has 1 heterocycles. The average molecular weight is 303 g/mol. The maximum atomic E-state index is 13.8. The van der Waals surface area contributed by atoms with Gasteiger partial charge in [-0.15, -0.1) is 12.4 Å². The van der Waals surface area contributed by atoms with Crippen molar-refractivity contribution in [2.45, 2.75) is 26.3 Å². The Bertz CT molecular complexity index is 417. The number of rotatable bonds is 5. The number of benzene rings is 1. The maximum Gasteiger partial charge on any atom is 0.165 e. The summed E-state index contributed by atoms with van der Waals surface area (Å²) < 4.78 is 19.0. The van der Waals surface area contributed by atoms with E-state index in [9.17, 15) is 4.39 Å². The van der Waals surface area contributed by atoms with E-state index in [2.05, 4.69) is 4.90 Å². The smallest absolute Gasteiger partial charge is 0.165 e. The molecule has 0 spiro atoms. The van der Waals surface area contributed by atoms with Gasteiger partial charge in [0.2, 0.25) is 0 Å². The van der Waals surface area contributed by atoms with Crippen molar-refractivity contribution >= 4 is 12.4 Å². The van der Waals surface area contributed by atoms with E-state index in [1.165, 1.54) is 12.8 Å². The molecule has 3 nitrogen and oxygen atoms in total. The fraction of sp³-hybridized carbons (Fsp3) is 0.600. The second-order valence-electron chi connectivity index (χ2n) is 5.18. The predicted octanol–water partition coefficient (Wildman–Crippen LogP) is 2.82. The molecule has 1 atom stereocenters. The van der Waals surface area contributed by atoms with Gasteiger partial charge < -0.3 is 10.5 Å². The van der Waals surface area contributed by atoms with Crippen LogP contribution in [-0.4, -0.2) is 31.1 Å². The van der Waals surface area contributed by atoms with Crippen molar-refractivity contribution < 1.29 is 9.13 Å².